The van der Waals surface area contributed by atoms with E-state index in [1.807, 2.05) is 43.3 Å². The van der Waals surface area contributed by atoms with E-state index in [2.05, 4.69) is 11.1 Å². The molecule has 1 aliphatic rings. The molecule has 1 aromatic heterocycles. The monoisotopic (exact) mass is 555 g/mol. The minimum absolute atomic E-state index is 0. The number of carbonyl (C=O) groups excluding carboxylic acids is 1. The smallest absolute Gasteiger partial charge is 0.489 e. The first-order valence-corrected chi connectivity index (χ1v) is 12.1. The molecule has 0 radical (unpaired) electrons. The van der Waals surface area contributed by atoms with Gasteiger partial charge in [-0.05, 0) is 65.1 Å². The number of benzene rings is 3. The average molecular weight is 556 g/mol. The number of aliphatic hydroxyl groups is 1. The molecular formula is C28H26KN3O7. The molecule has 4 aromatic rings. The fraction of sp³-hybridized carbons (Fsp3) is 0.250. The first-order chi connectivity index (χ1) is 18.3. The molecule has 0 spiro atoms. The summed E-state index contributed by atoms with van der Waals surface area (Å²) in [7, 11) is 0. The molecule has 1 aliphatic heterocycles. The minimum Gasteiger partial charge on any atom is -0.489 e. The predicted molar refractivity (Wildman–Crippen MR) is 137 cm³/mol. The van der Waals surface area contributed by atoms with E-state index >= 15 is 0 Å². The molecule has 1 fully saturated rings. The maximum absolute atomic E-state index is 12.1. The van der Waals surface area contributed by atoms with Crippen LogP contribution in [-0.2, 0) is 17.9 Å². The van der Waals surface area contributed by atoms with Gasteiger partial charge in [-0.2, -0.15) is 0 Å². The van der Waals surface area contributed by atoms with Crippen LogP contribution in [-0.4, -0.2) is 46.5 Å². The number of aliphatic hydroxyl groups excluding tert-OH is 1. The van der Waals surface area contributed by atoms with Crippen LogP contribution >= 0.6 is 0 Å². The van der Waals surface area contributed by atoms with Crippen molar-refractivity contribution >= 4 is 5.91 Å². The Morgan fingerprint density at radius 3 is 2.41 bits per heavy atom. The molecule has 11 heteroatoms. The largest absolute Gasteiger partial charge is 1.00 e. The van der Waals surface area contributed by atoms with Gasteiger partial charge in [0.05, 0.1) is 6.10 Å². The third-order valence-corrected chi connectivity index (χ3v) is 6.26. The van der Waals surface area contributed by atoms with Gasteiger partial charge in [-0.25, -0.2) is 4.79 Å². The number of likely N-dealkylation sites (tertiary alicyclic amines) is 1. The molecular weight excluding hydrogens is 529 g/mol. The molecule has 0 bridgehead atoms. The van der Waals surface area contributed by atoms with Crippen LogP contribution in [0.25, 0.3) is 11.1 Å². The van der Waals surface area contributed by atoms with E-state index in [4.69, 9.17) is 14.0 Å². The van der Waals surface area contributed by atoms with Gasteiger partial charge in [-0.3, -0.25) is 14.3 Å². The van der Waals surface area contributed by atoms with E-state index in [1.54, 1.807) is 29.2 Å². The van der Waals surface area contributed by atoms with Gasteiger partial charge in [0.2, 0.25) is 0 Å². The second-order valence-corrected chi connectivity index (χ2v) is 9.14. The molecule has 3 aromatic carbocycles. The van der Waals surface area contributed by atoms with E-state index in [0.29, 0.717) is 31.2 Å². The molecule has 1 saturated heterocycles. The van der Waals surface area contributed by atoms with Gasteiger partial charge in [-0.1, -0.05) is 36.4 Å². The first kappa shape index (κ1) is 29.1. The fourth-order valence-corrected chi connectivity index (χ4v) is 4.18. The van der Waals surface area contributed by atoms with Crippen molar-refractivity contribution in [1.29, 1.82) is 0 Å². The van der Waals surface area contributed by atoms with E-state index in [1.165, 1.54) is 0 Å². The first-order valence-electron chi connectivity index (χ1n) is 12.1. The van der Waals surface area contributed by atoms with Gasteiger partial charge in [-0.15, -0.1) is 0 Å². The molecule has 0 unspecified atom stereocenters. The number of carbonyl (C=O) groups is 1. The number of nitrogens with zero attached hydrogens (tertiary/aromatic N) is 3. The molecule has 0 saturated carbocycles. The van der Waals surface area contributed by atoms with Crippen molar-refractivity contribution in [2.75, 3.05) is 19.7 Å². The zero-order chi connectivity index (χ0) is 26.6. The van der Waals surface area contributed by atoms with Gasteiger partial charge in [0.15, 0.2) is 12.3 Å². The summed E-state index contributed by atoms with van der Waals surface area (Å²) in [6.45, 7) is 3.13. The summed E-state index contributed by atoms with van der Waals surface area (Å²) in [4.78, 5) is 39.4. The predicted octanol–water partition coefficient (Wildman–Crippen LogP) is -1.05. The maximum Gasteiger partial charge on any atom is 1.00 e. The van der Waals surface area contributed by atoms with Crippen LogP contribution < -0.4 is 77.3 Å². The van der Waals surface area contributed by atoms with Gasteiger partial charge in [0, 0.05) is 19.6 Å². The van der Waals surface area contributed by atoms with Crippen LogP contribution in [0.5, 0.6) is 11.5 Å². The number of hydrogen-bond donors (Lipinski definition) is 1. The summed E-state index contributed by atoms with van der Waals surface area (Å²) >= 11 is 0. The second kappa shape index (κ2) is 12.9. The Balaban J connectivity index is 0.00000353. The molecule has 2 heterocycles. The molecule has 196 valence electrons. The number of hydrogen-bond acceptors (Lipinski definition) is 7. The van der Waals surface area contributed by atoms with Crippen molar-refractivity contribution < 1.29 is 75.3 Å². The number of β-amino-alcohol motifs (C(OH)–C–C–N with tert-alkyl or cyclic N) is 1. The summed E-state index contributed by atoms with van der Waals surface area (Å²) in [6, 6.07) is 20.9. The normalized spacial score (nSPS) is 12.9. The van der Waals surface area contributed by atoms with Crippen LogP contribution in [0.1, 0.15) is 16.7 Å². The molecule has 10 nitrogen and oxygen atoms in total. The van der Waals surface area contributed by atoms with Crippen LogP contribution in [0.15, 0.2) is 80.8 Å². The fourth-order valence-electron chi connectivity index (χ4n) is 4.18. The van der Waals surface area contributed by atoms with E-state index < -0.39 is 17.5 Å². The van der Waals surface area contributed by atoms with Crippen LogP contribution in [0, 0.1) is 6.92 Å². The second-order valence-electron chi connectivity index (χ2n) is 9.14. The molecule has 0 atom stereocenters. The third kappa shape index (κ3) is 7.38. The molecule has 1 N–H and O–H groups in total. The summed E-state index contributed by atoms with van der Waals surface area (Å²) in [6.07, 6.45) is -0.429. The Labute approximate surface area is 266 Å². The Morgan fingerprint density at radius 2 is 1.74 bits per heavy atom. The minimum atomic E-state index is -0.909. The quantitative estimate of drug-likeness (QED) is 0.260. The standard InChI is InChI=1S/C28H27N3O7.K/c1-18-11-24(37-17-26(33)30-14-22(32)15-30)9-10-25(18)21-4-2-3-20(12-21)16-36-23-7-5-19(6-8-23)13-31-27(34)29-28(35)38-31;/h2-12,22,32H,13-17H2,1H3,(H,29,34,35);/q;+1/p-1. The van der Waals surface area contributed by atoms with Gasteiger partial charge >= 0.3 is 57.1 Å². The molecule has 1 amide bonds. The molecule has 39 heavy (non-hydrogen) atoms. The van der Waals surface area contributed by atoms with Crippen LogP contribution in [0.4, 0.5) is 0 Å². The van der Waals surface area contributed by atoms with E-state index in [0.717, 1.165) is 32.6 Å². The third-order valence-electron chi connectivity index (χ3n) is 6.26. The topological polar surface area (TPSA) is 125 Å². The average Bonchev–Trinajstić information content (AvgIpc) is 3.21. The van der Waals surface area contributed by atoms with Crippen molar-refractivity contribution in [3.63, 3.8) is 0 Å². The van der Waals surface area contributed by atoms with Gasteiger partial charge in [0.25, 0.3) is 5.91 Å². The van der Waals surface area contributed by atoms with Crippen LogP contribution in [0.2, 0.25) is 0 Å². The number of ether oxygens (including phenoxy) is 2. The summed E-state index contributed by atoms with van der Waals surface area (Å²) in [5.41, 5.74) is 4.13. The Bertz CT molecular complexity index is 1550. The van der Waals surface area contributed by atoms with E-state index in [-0.39, 0.29) is 70.4 Å². The summed E-state index contributed by atoms with van der Waals surface area (Å²) < 4.78 is 17.2. The summed E-state index contributed by atoms with van der Waals surface area (Å²) in [5.74, 6) is 0.231. The van der Waals surface area contributed by atoms with Crippen molar-refractivity contribution in [2.45, 2.75) is 26.2 Å². The molecule has 0 aliphatic carbocycles. The van der Waals surface area contributed by atoms with Gasteiger partial charge in [0.1, 0.15) is 18.1 Å². The van der Waals surface area contributed by atoms with Gasteiger partial charge < -0.3 is 29.0 Å². The van der Waals surface area contributed by atoms with Crippen molar-refractivity contribution in [1.82, 2.24) is 14.6 Å². The maximum atomic E-state index is 12.1. The molecule has 5 rings (SSSR count). The summed E-state index contributed by atoms with van der Waals surface area (Å²) in [5, 5.41) is 9.34. The number of aromatic nitrogens is 2. The Morgan fingerprint density at radius 1 is 1.00 bits per heavy atom. The van der Waals surface area contributed by atoms with E-state index in [9.17, 15) is 19.5 Å². The zero-order valence-corrected chi connectivity index (χ0v) is 24.8. The number of aryl methyl sites for hydroxylation is 1. The van der Waals surface area contributed by atoms with Crippen molar-refractivity contribution in [3.05, 3.63) is 104 Å². The Hall–Kier alpha value is -2.93. The SMILES string of the molecule is Cc1cc(OCC(=O)N2CC(O)C2)ccc1-c1cccc(COc2ccc(Cn3oc(=O)[n-]c3=O)cc2)c1.[K+]. The Kier molecular flexibility index (Phi) is 9.65. The van der Waals surface area contributed by atoms with Crippen molar-refractivity contribution in [2.24, 2.45) is 0 Å². The number of rotatable bonds is 9. The van der Waals surface area contributed by atoms with Crippen LogP contribution in [0.3, 0.4) is 0 Å². The number of amides is 1. The zero-order valence-electron chi connectivity index (χ0n) is 21.7. The van der Waals surface area contributed by atoms with Crippen molar-refractivity contribution in [3.8, 4) is 22.6 Å².